The van der Waals surface area contributed by atoms with Crippen LogP contribution in [0, 0.1) is 0 Å². The van der Waals surface area contributed by atoms with Gasteiger partial charge in [-0.1, -0.05) is 35.3 Å². The van der Waals surface area contributed by atoms with Gasteiger partial charge in [0.15, 0.2) is 0 Å². The Balaban J connectivity index is 1.63. The average molecular weight is 495 g/mol. The van der Waals surface area contributed by atoms with Gasteiger partial charge in [0.25, 0.3) is 0 Å². The third-order valence-electron chi connectivity index (χ3n) is 5.35. The Bertz CT molecular complexity index is 1130. The first-order chi connectivity index (χ1) is 16.5. The number of benzene rings is 2. The summed E-state index contributed by atoms with van der Waals surface area (Å²) in [7, 11) is 0. The van der Waals surface area contributed by atoms with E-state index < -0.39 is 0 Å². The molecule has 0 saturated carbocycles. The molecular formula is C26H24Cl2N4O2. The first-order valence-corrected chi connectivity index (χ1v) is 11.5. The SMILES string of the molecule is Oc1cc(Cl)ccc1N(CCN(Cc1ccccn1)c1ccc(Cl)cc1O)Cc1ccccn1. The van der Waals surface area contributed by atoms with Crippen LogP contribution < -0.4 is 9.80 Å². The van der Waals surface area contributed by atoms with Crippen molar-refractivity contribution in [3.63, 3.8) is 0 Å². The Labute approximate surface area is 208 Å². The molecule has 0 aliphatic carbocycles. The van der Waals surface area contributed by atoms with E-state index >= 15 is 0 Å². The molecule has 2 heterocycles. The molecule has 2 aromatic carbocycles. The number of aromatic nitrogens is 2. The lowest BCUT2D eigenvalue weighted by molar-refractivity contribution is 0.470. The molecule has 174 valence electrons. The number of phenols is 2. The van der Waals surface area contributed by atoms with E-state index in [1.165, 1.54) is 12.1 Å². The summed E-state index contributed by atoms with van der Waals surface area (Å²) in [6, 6.07) is 21.6. The number of aromatic hydroxyl groups is 2. The molecule has 6 nitrogen and oxygen atoms in total. The number of pyridine rings is 2. The van der Waals surface area contributed by atoms with E-state index in [0.29, 0.717) is 47.6 Å². The predicted molar refractivity (Wildman–Crippen MR) is 137 cm³/mol. The molecule has 4 rings (SSSR count). The number of hydrogen-bond acceptors (Lipinski definition) is 6. The fourth-order valence-corrected chi connectivity index (χ4v) is 4.05. The molecule has 0 spiro atoms. The van der Waals surface area contributed by atoms with Crippen LogP contribution >= 0.6 is 23.2 Å². The van der Waals surface area contributed by atoms with Crippen LogP contribution in [0.2, 0.25) is 10.0 Å². The summed E-state index contributed by atoms with van der Waals surface area (Å²) in [6.07, 6.45) is 3.49. The molecule has 0 saturated heterocycles. The predicted octanol–water partition coefficient (Wildman–Crippen LogP) is 5.91. The number of halogens is 2. The van der Waals surface area contributed by atoms with Crippen LogP contribution in [0.25, 0.3) is 0 Å². The second-order valence-corrected chi connectivity index (χ2v) is 8.62. The Hall–Kier alpha value is -3.48. The maximum absolute atomic E-state index is 10.6. The highest BCUT2D eigenvalue weighted by atomic mass is 35.5. The zero-order valence-corrected chi connectivity index (χ0v) is 19.9. The molecular weight excluding hydrogens is 471 g/mol. The Kier molecular flexibility index (Phi) is 7.72. The summed E-state index contributed by atoms with van der Waals surface area (Å²) in [6.45, 7) is 2.03. The van der Waals surface area contributed by atoms with Gasteiger partial charge in [0.1, 0.15) is 11.5 Å². The summed E-state index contributed by atoms with van der Waals surface area (Å²) in [5.74, 6) is 0.183. The van der Waals surface area contributed by atoms with Crippen LogP contribution in [0.1, 0.15) is 11.4 Å². The van der Waals surface area contributed by atoms with Crippen LogP contribution in [0.5, 0.6) is 11.5 Å². The van der Waals surface area contributed by atoms with E-state index in [4.69, 9.17) is 23.2 Å². The maximum atomic E-state index is 10.6. The fraction of sp³-hybridized carbons (Fsp3) is 0.154. The zero-order valence-electron chi connectivity index (χ0n) is 18.4. The minimum atomic E-state index is 0.0917. The van der Waals surface area contributed by atoms with Crippen molar-refractivity contribution in [2.24, 2.45) is 0 Å². The quantitative estimate of drug-likeness (QED) is 0.301. The first-order valence-electron chi connectivity index (χ1n) is 10.8. The van der Waals surface area contributed by atoms with Gasteiger partial charge in [0, 0.05) is 47.7 Å². The van der Waals surface area contributed by atoms with E-state index in [-0.39, 0.29) is 11.5 Å². The van der Waals surface area contributed by atoms with Crippen LogP contribution in [-0.2, 0) is 13.1 Å². The van der Waals surface area contributed by atoms with Crippen molar-refractivity contribution in [1.82, 2.24) is 9.97 Å². The van der Waals surface area contributed by atoms with E-state index in [9.17, 15) is 10.2 Å². The van der Waals surface area contributed by atoms with Gasteiger partial charge in [-0.3, -0.25) is 9.97 Å². The molecule has 0 aliphatic heterocycles. The van der Waals surface area contributed by atoms with Gasteiger partial charge in [-0.05, 0) is 48.5 Å². The van der Waals surface area contributed by atoms with Crippen molar-refractivity contribution in [3.8, 4) is 11.5 Å². The number of hydrogen-bond donors (Lipinski definition) is 2. The molecule has 2 aromatic heterocycles. The highest BCUT2D eigenvalue weighted by Crippen LogP contribution is 2.33. The molecule has 0 radical (unpaired) electrons. The van der Waals surface area contributed by atoms with Crippen LogP contribution in [0.15, 0.2) is 85.2 Å². The number of phenolic OH excluding ortho intramolecular Hbond substituents is 2. The second-order valence-electron chi connectivity index (χ2n) is 7.75. The van der Waals surface area contributed by atoms with Gasteiger partial charge in [-0.25, -0.2) is 0 Å². The van der Waals surface area contributed by atoms with E-state index in [1.54, 1.807) is 36.7 Å². The van der Waals surface area contributed by atoms with Crippen LogP contribution in [0.4, 0.5) is 11.4 Å². The minimum absolute atomic E-state index is 0.0917. The third kappa shape index (κ3) is 6.10. The monoisotopic (exact) mass is 494 g/mol. The van der Waals surface area contributed by atoms with Crippen molar-refractivity contribution in [2.75, 3.05) is 22.9 Å². The highest BCUT2D eigenvalue weighted by Gasteiger charge is 2.18. The van der Waals surface area contributed by atoms with Gasteiger partial charge < -0.3 is 20.0 Å². The average Bonchev–Trinajstić information content (AvgIpc) is 2.83. The standard InChI is InChI=1S/C26H24Cl2N4O2/c27-19-7-9-23(25(33)15-19)31(17-21-5-1-3-11-29-21)13-14-32(18-22-6-2-4-12-30-22)24-10-8-20(28)16-26(24)34/h1-12,15-16,33-34H,13-14,17-18H2. The summed E-state index contributed by atoms with van der Waals surface area (Å²) < 4.78 is 0. The molecule has 34 heavy (non-hydrogen) atoms. The maximum Gasteiger partial charge on any atom is 0.140 e. The van der Waals surface area contributed by atoms with Gasteiger partial charge in [0.05, 0.1) is 35.9 Å². The number of nitrogens with zero attached hydrogens (tertiary/aromatic N) is 4. The Morgan fingerprint density at radius 1 is 0.618 bits per heavy atom. The van der Waals surface area contributed by atoms with Crippen molar-refractivity contribution in [2.45, 2.75) is 13.1 Å². The normalized spacial score (nSPS) is 10.8. The Morgan fingerprint density at radius 2 is 1.06 bits per heavy atom. The largest absolute Gasteiger partial charge is 0.506 e. The lowest BCUT2D eigenvalue weighted by Crippen LogP contribution is -2.35. The number of rotatable bonds is 9. The van der Waals surface area contributed by atoms with Gasteiger partial charge >= 0.3 is 0 Å². The molecule has 0 aliphatic rings. The Morgan fingerprint density at radius 3 is 1.41 bits per heavy atom. The van der Waals surface area contributed by atoms with Gasteiger partial charge in [0.2, 0.25) is 0 Å². The van der Waals surface area contributed by atoms with Crippen molar-refractivity contribution >= 4 is 34.6 Å². The molecule has 0 atom stereocenters. The first kappa shape index (κ1) is 23.7. The second kappa shape index (κ2) is 11.1. The smallest absolute Gasteiger partial charge is 0.140 e. The van der Waals surface area contributed by atoms with Gasteiger partial charge in [-0.2, -0.15) is 0 Å². The summed E-state index contributed by atoms with van der Waals surface area (Å²) in [5, 5.41) is 22.1. The summed E-state index contributed by atoms with van der Waals surface area (Å²) in [5.41, 5.74) is 3.02. The molecule has 2 N–H and O–H groups in total. The molecule has 0 fully saturated rings. The lowest BCUT2D eigenvalue weighted by Gasteiger charge is -2.31. The van der Waals surface area contributed by atoms with Gasteiger partial charge in [-0.15, -0.1) is 0 Å². The third-order valence-corrected chi connectivity index (χ3v) is 5.82. The van der Waals surface area contributed by atoms with Crippen LogP contribution in [0.3, 0.4) is 0 Å². The summed E-state index contributed by atoms with van der Waals surface area (Å²) in [4.78, 5) is 12.9. The van der Waals surface area contributed by atoms with Crippen molar-refractivity contribution in [1.29, 1.82) is 0 Å². The molecule has 0 amide bonds. The van der Waals surface area contributed by atoms with E-state index in [1.807, 2.05) is 46.2 Å². The molecule has 8 heteroatoms. The lowest BCUT2D eigenvalue weighted by atomic mass is 10.2. The van der Waals surface area contributed by atoms with Crippen molar-refractivity contribution in [3.05, 3.63) is 107 Å². The zero-order chi connectivity index (χ0) is 23.9. The summed E-state index contributed by atoms with van der Waals surface area (Å²) >= 11 is 12.1. The van der Waals surface area contributed by atoms with E-state index in [0.717, 1.165) is 11.4 Å². The molecule has 0 unspecified atom stereocenters. The van der Waals surface area contributed by atoms with E-state index in [2.05, 4.69) is 9.97 Å². The molecule has 4 aromatic rings. The minimum Gasteiger partial charge on any atom is -0.506 e. The highest BCUT2D eigenvalue weighted by molar-refractivity contribution is 6.31. The molecule has 0 bridgehead atoms. The topological polar surface area (TPSA) is 72.7 Å². The fourth-order valence-electron chi connectivity index (χ4n) is 3.71. The van der Waals surface area contributed by atoms with Crippen LogP contribution in [-0.4, -0.2) is 33.3 Å². The number of anilines is 2. The van der Waals surface area contributed by atoms with Crippen molar-refractivity contribution < 1.29 is 10.2 Å².